The molecule has 12 heteroatoms. The van der Waals surface area contributed by atoms with Gasteiger partial charge >= 0.3 is 5.97 Å². The van der Waals surface area contributed by atoms with Crippen molar-refractivity contribution in [3.63, 3.8) is 0 Å². The van der Waals surface area contributed by atoms with Gasteiger partial charge in [0.2, 0.25) is 43.3 Å². The average molecular weight is 416 g/mol. The van der Waals surface area contributed by atoms with Crippen LogP contribution in [-0.2, 0) is 14.3 Å². The van der Waals surface area contributed by atoms with E-state index < -0.39 is 55.3 Å². The van der Waals surface area contributed by atoms with Crippen molar-refractivity contribution in [3.05, 3.63) is 29.1 Å². The van der Waals surface area contributed by atoms with Gasteiger partial charge in [0.15, 0.2) is 0 Å². The van der Waals surface area contributed by atoms with Gasteiger partial charge in [0.1, 0.15) is 12.3 Å². The number of ether oxygens (including phenoxy) is 1. The summed E-state index contributed by atoms with van der Waals surface area (Å²) in [4.78, 5) is 22.4. The van der Waals surface area contributed by atoms with Crippen molar-refractivity contribution < 1.29 is 40.8 Å². The van der Waals surface area contributed by atoms with Crippen LogP contribution in [0.4, 0.5) is 22.0 Å². The van der Waals surface area contributed by atoms with Gasteiger partial charge in [0, 0.05) is 0 Å². The Balaban J connectivity index is 2.99. The van der Waals surface area contributed by atoms with Gasteiger partial charge in [-0.3, -0.25) is 4.79 Å². The number of carbonyl (C=O) groups is 2. The highest BCUT2D eigenvalue weighted by Crippen LogP contribution is 2.37. The molecular weight excluding hydrogens is 398 g/mol. The molecule has 0 amide bonds. The largest absolute Gasteiger partial charge is 0.464 e. The average Bonchev–Trinajstić information content (AvgIpc) is 2.63. The summed E-state index contributed by atoms with van der Waals surface area (Å²) in [5.41, 5.74) is 0. The molecule has 6 nitrogen and oxygen atoms in total. The molecule has 2 N–H and O–H groups in total. The monoisotopic (exact) mass is 416 g/mol. The molecule has 0 aromatic heterocycles. The number of hydrogen-bond donors (Lipinski definition) is 2. The fraction of sp³-hybridized carbons (Fsp3) is 0.467. The van der Waals surface area contributed by atoms with Crippen LogP contribution in [0.3, 0.4) is 0 Å². The lowest BCUT2D eigenvalue weighted by molar-refractivity contribution is -0.146. The summed E-state index contributed by atoms with van der Waals surface area (Å²) in [6.45, 7) is 4.68. The second-order valence-corrected chi connectivity index (χ2v) is 7.03. The van der Waals surface area contributed by atoms with E-state index >= 15 is 0 Å². The van der Waals surface area contributed by atoms with Crippen LogP contribution in [0.2, 0.25) is 0 Å². The molecule has 0 heterocycles. The summed E-state index contributed by atoms with van der Waals surface area (Å²) in [6.07, 6.45) is 0.376. The Morgan fingerprint density at radius 3 is 2.04 bits per heavy atom. The van der Waals surface area contributed by atoms with Crippen LogP contribution in [0.25, 0.3) is 0 Å². The molecule has 1 unspecified atom stereocenters. The summed E-state index contributed by atoms with van der Waals surface area (Å²) >= 11 is 0. The third-order valence-electron chi connectivity index (χ3n) is 2.89. The molecule has 27 heavy (non-hydrogen) atoms. The molecule has 1 rings (SSSR count). The minimum Gasteiger partial charge on any atom is -0.464 e. The highest BCUT2D eigenvalue weighted by Gasteiger charge is 2.30. The molecule has 2 atom stereocenters. The SMILES string of the molecule is CC(C)COC(=O)[C@@H](C)NP(NCC=O)Oc1c(F)c(F)c(F)c(F)c1F. The Morgan fingerprint density at radius 1 is 1.04 bits per heavy atom. The number of hydrogen-bond acceptors (Lipinski definition) is 6. The fourth-order valence-electron chi connectivity index (χ4n) is 1.58. The van der Waals surface area contributed by atoms with Gasteiger partial charge in [-0.25, -0.2) is 23.3 Å². The minimum absolute atomic E-state index is 0.0560. The normalized spacial score (nSPS) is 13.4. The van der Waals surface area contributed by atoms with Crippen LogP contribution in [0.1, 0.15) is 20.8 Å². The number of nitrogens with one attached hydrogen (secondary N) is 2. The van der Waals surface area contributed by atoms with E-state index in [0.29, 0.717) is 6.29 Å². The number of aldehydes is 1. The van der Waals surface area contributed by atoms with E-state index in [1.807, 2.05) is 0 Å². The summed E-state index contributed by atoms with van der Waals surface area (Å²) < 4.78 is 76.9. The maximum atomic E-state index is 13.7. The van der Waals surface area contributed by atoms with Crippen LogP contribution in [0, 0.1) is 35.0 Å². The highest BCUT2D eigenvalue weighted by atomic mass is 31.2. The zero-order chi connectivity index (χ0) is 20.7. The Hall–Kier alpha value is -1.84. The van der Waals surface area contributed by atoms with Gasteiger partial charge in [-0.1, -0.05) is 13.8 Å². The van der Waals surface area contributed by atoms with Crippen molar-refractivity contribution in [1.29, 1.82) is 0 Å². The molecule has 0 aliphatic heterocycles. The summed E-state index contributed by atoms with van der Waals surface area (Å²) in [5.74, 6) is -13.3. The molecule has 0 aliphatic carbocycles. The second-order valence-electron chi connectivity index (χ2n) is 5.69. The molecular formula is C15H18F5N2O4P. The lowest BCUT2D eigenvalue weighted by Crippen LogP contribution is -2.37. The van der Waals surface area contributed by atoms with Gasteiger partial charge in [0.05, 0.1) is 13.2 Å². The first-order valence-electron chi connectivity index (χ1n) is 7.69. The molecule has 0 bridgehead atoms. The molecule has 0 saturated heterocycles. The molecule has 0 spiro atoms. The highest BCUT2D eigenvalue weighted by molar-refractivity contribution is 7.48. The van der Waals surface area contributed by atoms with Crippen LogP contribution in [0.5, 0.6) is 5.75 Å². The van der Waals surface area contributed by atoms with Crippen LogP contribution < -0.4 is 14.7 Å². The van der Waals surface area contributed by atoms with Gasteiger partial charge in [0.25, 0.3) is 0 Å². The van der Waals surface area contributed by atoms with Crippen molar-refractivity contribution in [3.8, 4) is 5.75 Å². The summed E-state index contributed by atoms with van der Waals surface area (Å²) in [6, 6.07) is -1.06. The molecule has 0 saturated carbocycles. The first kappa shape index (κ1) is 23.2. The lowest BCUT2D eigenvalue weighted by Gasteiger charge is -2.23. The maximum Gasteiger partial charge on any atom is 0.323 e. The smallest absolute Gasteiger partial charge is 0.323 e. The standard InChI is InChI=1S/C15H18F5N2O4P/c1-7(2)6-25-15(24)8(3)22-27(21-4-5-23)26-14-12(19)10(17)9(16)11(18)13(14)20/h5,7-8,21-22H,4,6H2,1-3H3/t8-,27?/m1/s1. The van der Waals surface area contributed by atoms with Crippen LogP contribution in [-0.4, -0.2) is 31.4 Å². The molecule has 0 aliphatic rings. The first-order chi connectivity index (χ1) is 12.6. The molecule has 0 fully saturated rings. The lowest BCUT2D eigenvalue weighted by atomic mass is 10.2. The molecule has 1 aromatic rings. The quantitative estimate of drug-likeness (QED) is 0.153. The Bertz CT molecular complexity index is 664. The van der Waals surface area contributed by atoms with E-state index in [9.17, 15) is 31.5 Å². The Kier molecular flexibility index (Phi) is 9.01. The minimum atomic E-state index is -2.38. The Morgan fingerprint density at radius 2 is 1.56 bits per heavy atom. The van der Waals surface area contributed by atoms with Crippen LogP contribution in [0.15, 0.2) is 0 Å². The van der Waals surface area contributed by atoms with Crippen molar-refractivity contribution in [2.75, 3.05) is 13.2 Å². The van der Waals surface area contributed by atoms with E-state index in [2.05, 4.69) is 10.2 Å². The zero-order valence-electron chi connectivity index (χ0n) is 14.6. The molecule has 1 aromatic carbocycles. The van der Waals surface area contributed by atoms with Crippen molar-refractivity contribution in [2.24, 2.45) is 5.92 Å². The Labute approximate surface area is 153 Å². The fourth-order valence-corrected chi connectivity index (χ4v) is 2.83. The summed E-state index contributed by atoms with van der Waals surface area (Å²) in [7, 11) is -2.38. The predicted octanol–water partition coefficient (Wildman–Crippen LogP) is 2.95. The molecule has 152 valence electrons. The summed E-state index contributed by atoms with van der Waals surface area (Å²) in [5, 5.41) is 4.82. The van der Waals surface area contributed by atoms with E-state index in [1.165, 1.54) is 6.92 Å². The van der Waals surface area contributed by atoms with E-state index in [1.54, 1.807) is 13.8 Å². The number of esters is 1. The van der Waals surface area contributed by atoms with E-state index in [-0.39, 0.29) is 19.1 Å². The van der Waals surface area contributed by atoms with Gasteiger partial charge < -0.3 is 14.1 Å². The van der Waals surface area contributed by atoms with E-state index in [0.717, 1.165) is 0 Å². The number of benzene rings is 1. The third-order valence-corrected chi connectivity index (χ3v) is 4.35. The van der Waals surface area contributed by atoms with Gasteiger partial charge in [-0.05, 0) is 12.8 Å². The molecule has 0 radical (unpaired) electrons. The predicted molar refractivity (Wildman–Crippen MR) is 86.2 cm³/mol. The maximum absolute atomic E-state index is 13.7. The first-order valence-corrected chi connectivity index (χ1v) is 8.95. The number of halogens is 5. The van der Waals surface area contributed by atoms with Crippen LogP contribution >= 0.6 is 8.45 Å². The van der Waals surface area contributed by atoms with Crippen molar-refractivity contribution in [1.82, 2.24) is 10.2 Å². The third kappa shape index (κ3) is 6.37. The topological polar surface area (TPSA) is 76.7 Å². The van der Waals surface area contributed by atoms with Crippen molar-refractivity contribution in [2.45, 2.75) is 26.8 Å². The van der Waals surface area contributed by atoms with E-state index in [4.69, 9.17) is 9.26 Å². The number of carbonyl (C=O) groups excluding carboxylic acids is 2. The van der Waals surface area contributed by atoms with Gasteiger partial charge in [-0.2, -0.15) is 8.78 Å². The number of rotatable bonds is 10. The van der Waals surface area contributed by atoms with Gasteiger partial charge in [-0.15, -0.1) is 0 Å². The zero-order valence-corrected chi connectivity index (χ0v) is 15.5. The second kappa shape index (κ2) is 10.5. The van der Waals surface area contributed by atoms with Crippen molar-refractivity contribution >= 4 is 20.7 Å².